The van der Waals surface area contributed by atoms with E-state index < -0.39 is 0 Å². The van der Waals surface area contributed by atoms with E-state index in [0.717, 1.165) is 37.5 Å². The Labute approximate surface area is 144 Å². The molecule has 3 N–H and O–H groups in total. The Bertz CT molecular complexity index is 600. The van der Waals surface area contributed by atoms with Gasteiger partial charge in [0.25, 0.3) is 0 Å². The van der Waals surface area contributed by atoms with E-state index >= 15 is 0 Å². The summed E-state index contributed by atoms with van der Waals surface area (Å²) in [4.78, 5) is 4.71. The molecule has 1 aromatic rings. The van der Waals surface area contributed by atoms with Gasteiger partial charge in [-0.15, -0.1) is 0 Å². The number of phenols is 1. The molecule has 24 heavy (non-hydrogen) atoms. The zero-order valence-corrected chi connectivity index (χ0v) is 14.9. The molecule has 3 rings (SSSR count). The number of nitrogens with zero attached hydrogens (tertiary/aromatic N) is 1. The van der Waals surface area contributed by atoms with Crippen LogP contribution < -0.4 is 10.6 Å². The Kier molecular flexibility index (Phi) is 4.99. The normalized spacial score (nSPS) is 28.1. The lowest BCUT2D eigenvalue weighted by Gasteiger charge is -2.54. The zero-order valence-electron chi connectivity index (χ0n) is 14.9. The lowest BCUT2D eigenvalue weighted by Crippen LogP contribution is -2.68. The largest absolute Gasteiger partial charge is 0.508 e. The van der Waals surface area contributed by atoms with Crippen LogP contribution in [-0.4, -0.2) is 42.9 Å². The van der Waals surface area contributed by atoms with E-state index in [4.69, 9.17) is 9.73 Å². The van der Waals surface area contributed by atoms with Crippen molar-refractivity contribution >= 4 is 5.96 Å². The number of aliphatic imine (C=N–C) groups is 1. The van der Waals surface area contributed by atoms with Crippen LogP contribution in [-0.2, 0) is 11.2 Å². The van der Waals surface area contributed by atoms with Crippen molar-refractivity contribution in [1.29, 1.82) is 0 Å². The molecule has 1 aliphatic heterocycles. The van der Waals surface area contributed by atoms with Gasteiger partial charge in [-0.3, -0.25) is 4.99 Å². The molecule has 1 aliphatic carbocycles. The van der Waals surface area contributed by atoms with E-state index in [1.54, 1.807) is 12.1 Å². The highest BCUT2D eigenvalue weighted by Gasteiger charge is 2.59. The number of phenolic OH excluding ortho intramolecular Hbond substituents is 1. The van der Waals surface area contributed by atoms with Crippen molar-refractivity contribution in [2.75, 3.05) is 19.7 Å². The van der Waals surface area contributed by atoms with Crippen LogP contribution in [0.1, 0.15) is 32.8 Å². The van der Waals surface area contributed by atoms with Crippen molar-refractivity contribution in [1.82, 2.24) is 10.6 Å². The monoisotopic (exact) mass is 331 g/mol. The number of hydrogen-bond acceptors (Lipinski definition) is 3. The Morgan fingerprint density at radius 2 is 2.25 bits per heavy atom. The predicted octanol–water partition coefficient (Wildman–Crippen LogP) is 2.30. The number of fused-ring (bicyclic) bond motifs is 1. The first kappa shape index (κ1) is 17.1. The lowest BCUT2D eigenvalue weighted by atomic mass is 9.57. The van der Waals surface area contributed by atoms with Gasteiger partial charge >= 0.3 is 0 Å². The summed E-state index contributed by atoms with van der Waals surface area (Å²) in [5, 5.41) is 16.5. The number of hydrogen-bond donors (Lipinski definition) is 3. The summed E-state index contributed by atoms with van der Waals surface area (Å²) in [6.45, 7) is 9.04. The average Bonchev–Trinajstić information content (AvgIpc) is 2.99. The zero-order chi connectivity index (χ0) is 17.2. The van der Waals surface area contributed by atoms with Gasteiger partial charge in [-0.1, -0.05) is 26.0 Å². The number of nitrogens with one attached hydrogen (secondary N) is 2. The highest BCUT2D eigenvalue weighted by molar-refractivity contribution is 5.80. The summed E-state index contributed by atoms with van der Waals surface area (Å²) >= 11 is 0. The van der Waals surface area contributed by atoms with Crippen LogP contribution in [0.15, 0.2) is 29.3 Å². The maximum absolute atomic E-state index is 9.54. The van der Waals surface area contributed by atoms with Crippen molar-refractivity contribution in [3.8, 4) is 5.75 Å². The maximum atomic E-state index is 9.54. The van der Waals surface area contributed by atoms with Gasteiger partial charge in [0, 0.05) is 37.1 Å². The highest BCUT2D eigenvalue weighted by atomic mass is 16.5. The van der Waals surface area contributed by atoms with Crippen molar-refractivity contribution in [3.63, 3.8) is 0 Å². The summed E-state index contributed by atoms with van der Waals surface area (Å²) in [5.74, 6) is 1.78. The van der Waals surface area contributed by atoms with E-state index in [1.165, 1.54) is 0 Å². The Morgan fingerprint density at radius 3 is 3.00 bits per heavy atom. The van der Waals surface area contributed by atoms with Crippen molar-refractivity contribution in [2.24, 2.45) is 16.3 Å². The molecule has 0 bridgehead atoms. The fourth-order valence-corrected chi connectivity index (χ4v) is 4.09. The van der Waals surface area contributed by atoms with Gasteiger partial charge in [-0.05, 0) is 37.5 Å². The molecule has 2 fully saturated rings. The second-order valence-electron chi connectivity index (χ2n) is 7.37. The minimum Gasteiger partial charge on any atom is -0.508 e. The first-order valence-electron chi connectivity index (χ1n) is 8.96. The lowest BCUT2D eigenvalue weighted by molar-refractivity contribution is -0.106. The third kappa shape index (κ3) is 3.36. The standard InChI is InChI=1S/C19H29N3O2/c1-4-20-18(21-10-8-13-6-5-7-14(23)12-13)22-16-15-9-11-24-17(15)19(16,2)3/h5-7,12,15-17,23H,4,8-11H2,1-3H3,(H2,20,21,22). The molecular formula is C19H29N3O2. The predicted molar refractivity (Wildman–Crippen MR) is 96.3 cm³/mol. The van der Waals surface area contributed by atoms with E-state index in [1.807, 2.05) is 12.1 Å². The van der Waals surface area contributed by atoms with Gasteiger partial charge in [-0.25, -0.2) is 0 Å². The van der Waals surface area contributed by atoms with Crippen LogP contribution >= 0.6 is 0 Å². The molecule has 0 amide bonds. The molecule has 0 aromatic heterocycles. The Balaban J connectivity index is 1.60. The van der Waals surface area contributed by atoms with Gasteiger partial charge in [-0.2, -0.15) is 0 Å². The molecule has 0 spiro atoms. The second kappa shape index (κ2) is 7.01. The molecule has 3 unspecified atom stereocenters. The third-order valence-electron chi connectivity index (χ3n) is 5.32. The van der Waals surface area contributed by atoms with Crippen molar-refractivity contribution in [3.05, 3.63) is 29.8 Å². The molecule has 3 atom stereocenters. The number of guanidine groups is 1. The molecule has 5 heteroatoms. The van der Waals surface area contributed by atoms with Crippen molar-refractivity contribution < 1.29 is 9.84 Å². The van der Waals surface area contributed by atoms with Gasteiger partial charge < -0.3 is 20.5 Å². The van der Waals surface area contributed by atoms with Crippen LogP contribution in [0, 0.1) is 11.3 Å². The van der Waals surface area contributed by atoms with Crippen LogP contribution in [0.2, 0.25) is 0 Å². The van der Waals surface area contributed by atoms with Gasteiger partial charge in [0.05, 0.1) is 6.10 Å². The quantitative estimate of drug-likeness (QED) is 0.572. The van der Waals surface area contributed by atoms with Crippen LogP contribution in [0.4, 0.5) is 0 Å². The van der Waals surface area contributed by atoms with E-state index in [2.05, 4.69) is 31.4 Å². The van der Waals surface area contributed by atoms with Gasteiger partial charge in [0.15, 0.2) is 5.96 Å². The maximum Gasteiger partial charge on any atom is 0.191 e. The molecule has 0 radical (unpaired) electrons. The summed E-state index contributed by atoms with van der Waals surface area (Å²) < 4.78 is 5.87. The minimum absolute atomic E-state index is 0.141. The third-order valence-corrected chi connectivity index (χ3v) is 5.32. The van der Waals surface area contributed by atoms with Gasteiger partial charge in [0.1, 0.15) is 5.75 Å². The van der Waals surface area contributed by atoms with Crippen molar-refractivity contribution in [2.45, 2.75) is 45.8 Å². The summed E-state index contributed by atoms with van der Waals surface area (Å²) in [6, 6.07) is 7.78. The molecule has 132 valence electrons. The van der Waals surface area contributed by atoms with Crippen LogP contribution in [0.5, 0.6) is 5.75 Å². The fourth-order valence-electron chi connectivity index (χ4n) is 4.09. The summed E-state index contributed by atoms with van der Waals surface area (Å²) in [7, 11) is 0. The molecule has 2 aliphatic rings. The van der Waals surface area contributed by atoms with E-state index in [9.17, 15) is 5.11 Å². The number of rotatable bonds is 5. The minimum atomic E-state index is 0.141. The average molecular weight is 331 g/mol. The Morgan fingerprint density at radius 1 is 1.42 bits per heavy atom. The molecule has 5 nitrogen and oxygen atoms in total. The summed E-state index contributed by atoms with van der Waals surface area (Å²) in [6.07, 6.45) is 2.33. The topological polar surface area (TPSA) is 65.9 Å². The van der Waals surface area contributed by atoms with Crippen LogP contribution in [0.3, 0.4) is 0 Å². The first-order chi connectivity index (χ1) is 11.5. The number of benzene rings is 1. The number of ether oxygens (including phenoxy) is 1. The second-order valence-corrected chi connectivity index (χ2v) is 7.37. The first-order valence-corrected chi connectivity index (χ1v) is 8.96. The van der Waals surface area contributed by atoms with Gasteiger partial charge in [0.2, 0.25) is 0 Å². The molecule has 1 saturated carbocycles. The SMILES string of the molecule is CCNC(=NCCc1cccc(O)c1)NC1C2CCOC2C1(C)C. The molecule has 1 heterocycles. The molecule has 1 aromatic carbocycles. The van der Waals surface area contributed by atoms with E-state index in [-0.39, 0.29) is 5.41 Å². The Hall–Kier alpha value is -1.75. The number of aromatic hydroxyl groups is 1. The summed E-state index contributed by atoms with van der Waals surface area (Å²) in [5.41, 5.74) is 1.24. The smallest absolute Gasteiger partial charge is 0.191 e. The molecular weight excluding hydrogens is 302 g/mol. The fraction of sp³-hybridized carbons (Fsp3) is 0.632. The molecule has 1 saturated heterocycles. The van der Waals surface area contributed by atoms with Crippen LogP contribution in [0.25, 0.3) is 0 Å². The highest BCUT2D eigenvalue weighted by Crippen LogP contribution is 2.52. The van der Waals surface area contributed by atoms with E-state index in [0.29, 0.717) is 30.4 Å².